The minimum atomic E-state index is 0.0895. The van der Waals surface area contributed by atoms with Gasteiger partial charge in [-0.2, -0.15) is 0 Å². The van der Waals surface area contributed by atoms with Gasteiger partial charge in [0.2, 0.25) is 0 Å². The molecule has 4 heteroatoms. The molecular weight excluding hydrogens is 238 g/mol. The highest BCUT2D eigenvalue weighted by molar-refractivity contribution is 6.85. The zero-order chi connectivity index (χ0) is 10.6. The van der Waals surface area contributed by atoms with Gasteiger partial charge in [0, 0.05) is 32.5 Å². The van der Waals surface area contributed by atoms with Crippen LogP contribution in [0.25, 0.3) is 0 Å². The third-order valence-corrected chi connectivity index (χ3v) is 1.85. The van der Waals surface area contributed by atoms with Gasteiger partial charge in [-0.25, -0.2) is 0 Å². The van der Waals surface area contributed by atoms with Crippen molar-refractivity contribution >= 4 is 44.9 Å². The first-order valence-corrected chi connectivity index (χ1v) is 5.57. The number of rotatable bonds is 1. The summed E-state index contributed by atoms with van der Waals surface area (Å²) in [6.45, 7) is 7.75. The van der Waals surface area contributed by atoms with E-state index in [2.05, 4.69) is 21.7 Å². The lowest BCUT2D eigenvalue weighted by atomic mass is 10.4. The SMILES string of the molecule is CC(Cl)C(C)Cl.CC=CC.ClCl. The van der Waals surface area contributed by atoms with Gasteiger partial charge in [0.1, 0.15) is 0 Å². The number of alkyl halides is 2. The van der Waals surface area contributed by atoms with E-state index in [0.717, 1.165) is 0 Å². The molecule has 2 atom stereocenters. The molecule has 0 aromatic rings. The van der Waals surface area contributed by atoms with Crippen LogP contribution in [0.1, 0.15) is 27.7 Å². The summed E-state index contributed by atoms with van der Waals surface area (Å²) in [5, 5.41) is 0.179. The lowest BCUT2D eigenvalue weighted by molar-refractivity contribution is 0.905. The van der Waals surface area contributed by atoms with E-state index < -0.39 is 0 Å². The van der Waals surface area contributed by atoms with Crippen molar-refractivity contribution in [2.24, 2.45) is 0 Å². The lowest BCUT2D eigenvalue weighted by Gasteiger charge is -2.00. The van der Waals surface area contributed by atoms with Gasteiger partial charge in [-0.1, -0.05) is 12.2 Å². The monoisotopic (exact) mass is 252 g/mol. The summed E-state index contributed by atoms with van der Waals surface area (Å²) in [5.41, 5.74) is 0. The predicted octanol–water partition coefficient (Wildman–Crippen LogP) is 5.20. The van der Waals surface area contributed by atoms with Crippen LogP contribution in [-0.4, -0.2) is 10.8 Å². The van der Waals surface area contributed by atoms with E-state index in [0.29, 0.717) is 0 Å². The van der Waals surface area contributed by atoms with Gasteiger partial charge >= 0.3 is 0 Å². The van der Waals surface area contributed by atoms with Crippen LogP contribution in [0.15, 0.2) is 12.2 Å². The summed E-state index contributed by atoms with van der Waals surface area (Å²) < 4.78 is 0. The molecule has 0 radical (unpaired) electrons. The normalized spacial score (nSPS) is 13.7. The molecule has 2 unspecified atom stereocenters. The summed E-state index contributed by atoms with van der Waals surface area (Å²) in [5.74, 6) is 0. The van der Waals surface area contributed by atoms with Crippen LogP contribution in [0.5, 0.6) is 0 Å². The van der Waals surface area contributed by atoms with Crippen molar-refractivity contribution in [2.45, 2.75) is 38.4 Å². The first-order valence-electron chi connectivity index (χ1n) is 3.56. The van der Waals surface area contributed by atoms with Gasteiger partial charge in [-0.05, 0) is 27.7 Å². The Morgan fingerprint density at radius 1 is 0.833 bits per heavy atom. The maximum absolute atomic E-state index is 5.48. The number of hydrogen-bond acceptors (Lipinski definition) is 0. The molecule has 12 heavy (non-hydrogen) atoms. The molecule has 0 aromatic carbocycles. The van der Waals surface area contributed by atoms with Crippen LogP contribution < -0.4 is 0 Å². The Labute approximate surface area is 95.4 Å². The van der Waals surface area contributed by atoms with Crippen molar-refractivity contribution in [1.29, 1.82) is 0 Å². The first-order chi connectivity index (χ1) is 5.56. The summed E-state index contributed by atoms with van der Waals surface area (Å²) in [7, 11) is 8.22. The van der Waals surface area contributed by atoms with Crippen molar-refractivity contribution in [1.82, 2.24) is 0 Å². The maximum atomic E-state index is 5.48. The molecule has 0 saturated carbocycles. The highest BCUT2D eigenvalue weighted by Gasteiger charge is 2.01. The topological polar surface area (TPSA) is 0 Å². The summed E-state index contributed by atoms with van der Waals surface area (Å²) in [6.07, 6.45) is 4.00. The van der Waals surface area contributed by atoms with Crippen molar-refractivity contribution in [3.63, 3.8) is 0 Å². The molecule has 76 valence electrons. The third-order valence-electron chi connectivity index (χ3n) is 0.966. The second-order valence-electron chi connectivity index (χ2n) is 2.02. The van der Waals surface area contributed by atoms with Gasteiger partial charge in [-0.15, -0.1) is 23.2 Å². The zero-order valence-corrected chi connectivity index (χ0v) is 10.8. The highest BCUT2D eigenvalue weighted by atomic mass is 36.5. The minimum Gasteiger partial charge on any atom is -0.122 e. The fraction of sp³-hybridized carbons (Fsp3) is 0.750. The lowest BCUT2D eigenvalue weighted by Crippen LogP contribution is -2.03. The van der Waals surface area contributed by atoms with Crippen LogP contribution in [0.2, 0.25) is 0 Å². The molecule has 0 N–H and O–H groups in total. The smallest absolute Gasteiger partial charge is 0.0468 e. The first kappa shape index (κ1) is 18.6. The average molecular weight is 254 g/mol. The zero-order valence-electron chi connectivity index (χ0n) is 7.82. The summed E-state index contributed by atoms with van der Waals surface area (Å²) in [4.78, 5) is 0. The van der Waals surface area contributed by atoms with Crippen molar-refractivity contribution in [2.75, 3.05) is 0 Å². The van der Waals surface area contributed by atoms with Gasteiger partial charge in [-0.3, -0.25) is 0 Å². The summed E-state index contributed by atoms with van der Waals surface area (Å²) >= 11 is 11.0. The van der Waals surface area contributed by atoms with Gasteiger partial charge in [0.15, 0.2) is 0 Å². The van der Waals surface area contributed by atoms with Crippen molar-refractivity contribution in [3.05, 3.63) is 12.2 Å². The second-order valence-corrected chi connectivity index (χ2v) is 3.40. The van der Waals surface area contributed by atoms with Crippen molar-refractivity contribution < 1.29 is 0 Å². The molecule has 0 aromatic heterocycles. The van der Waals surface area contributed by atoms with Crippen LogP contribution in [-0.2, 0) is 0 Å². The number of halogens is 4. The largest absolute Gasteiger partial charge is 0.122 e. The van der Waals surface area contributed by atoms with Crippen LogP contribution in [0.4, 0.5) is 0 Å². The van der Waals surface area contributed by atoms with Gasteiger partial charge in [0.05, 0.1) is 0 Å². The highest BCUT2D eigenvalue weighted by Crippen LogP contribution is 2.06. The molecule has 0 aliphatic heterocycles. The third kappa shape index (κ3) is 30.7. The van der Waals surface area contributed by atoms with E-state index in [1.807, 2.05) is 39.8 Å². The minimum absolute atomic E-state index is 0.0895. The Morgan fingerprint density at radius 3 is 1.00 bits per heavy atom. The molecule has 0 saturated heterocycles. The Bertz CT molecular complexity index is 69.1. The molecule has 0 aliphatic rings. The molecule has 0 nitrogen and oxygen atoms in total. The number of hydrogen-bond donors (Lipinski definition) is 0. The molecule has 0 aliphatic carbocycles. The average Bonchev–Trinajstić information content (AvgIpc) is 2.08. The number of allylic oxidation sites excluding steroid dienone is 2. The van der Waals surface area contributed by atoms with Crippen LogP contribution in [0, 0.1) is 0 Å². The Balaban J connectivity index is -0.000000118. The fourth-order valence-corrected chi connectivity index (χ4v) is 0. The standard InChI is InChI=1S/C4H8Cl2.C4H8.Cl2/c1-3(5)4(2)6;1-3-4-2;1-2/h3-4H,1-2H3;3-4H,1-2H3;. The molecular formula is C8H16Cl4. The molecule has 0 heterocycles. The Hall–Kier alpha value is 0.900. The fourth-order valence-electron chi connectivity index (χ4n) is 0. The molecule has 0 fully saturated rings. The van der Waals surface area contributed by atoms with E-state index in [9.17, 15) is 0 Å². The Kier molecular flexibility index (Phi) is 27.7. The summed E-state index contributed by atoms with van der Waals surface area (Å²) in [6, 6.07) is 0. The van der Waals surface area contributed by atoms with Crippen molar-refractivity contribution in [3.8, 4) is 0 Å². The van der Waals surface area contributed by atoms with E-state index in [1.165, 1.54) is 0 Å². The molecule has 0 bridgehead atoms. The predicted molar refractivity (Wildman–Crippen MR) is 62.8 cm³/mol. The molecule has 0 rings (SSSR count). The van der Waals surface area contributed by atoms with E-state index in [1.54, 1.807) is 0 Å². The van der Waals surface area contributed by atoms with E-state index >= 15 is 0 Å². The van der Waals surface area contributed by atoms with Crippen LogP contribution >= 0.6 is 44.9 Å². The molecule has 0 spiro atoms. The second kappa shape index (κ2) is 17.8. The van der Waals surface area contributed by atoms with Crippen LogP contribution in [0.3, 0.4) is 0 Å². The maximum Gasteiger partial charge on any atom is 0.0468 e. The van der Waals surface area contributed by atoms with Gasteiger partial charge < -0.3 is 0 Å². The quantitative estimate of drug-likeness (QED) is 0.445. The molecule has 0 amide bonds. The van der Waals surface area contributed by atoms with E-state index in [-0.39, 0.29) is 10.8 Å². The Morgan fingerprint density at radius 2 is 1.00 bits per heavy atom. The van der Waals surface area contributed by atoms with E-state index in [4.69, 9.17) is 23.2 Å². The van der Waals surface area contributed by atoms with Gasteiger partial charge in [0.25, 0.3) is 0 Å².